The van der Waals surface area contributed by atoms with Crippen LogP contribution in [0.25, 0.3) is 0 Å². The molecule has 1 spiro atoms. The van der Waals surface area contributed by atoms with Gasteiger partial charge in [-0.3, -0.25) is 9.80 Å². The first kappa shape index (κ1) is 13.5. The molecule has 2 fully saturated rings. The first-order valence-electron chi connectivity index (χ1n) is 6.58. The molecule has 0 aromatic rings. The molecular formula is C12H21N3O2S. The van der Waals surface area contributed by atoms with Crippen molar-refractivity contribution in [2.24, 2.45) is 5.92 Å². The number of thiocarbonyl (C=S) groups is 1. The van der Waals surface area contributed by atoms with Gasteiger partial charge >= 0.3 is 5.97 Å². The topological polar surface area (TPSA) is 53.6 Å². The van der Waals surface area contributed by atoms with Crippen molar-refractivity contribution in [3.05, 3.63) is 0 Å². The van der Waals surface area contributed by atoms with Gasteiger partial charge in [-0.1, -0.05) is 13.3 Å². The molecule has 5 nitrogen and oxygen atoms in total. The van der Waals surface area contributed by atoms with Gasteiger partial charge in [0.2, 0.25) is 0 Å². The zero-order valence-corrected chi connectivity index (χ0v) is 11.8. The van der Waals surface area contributed by atoms with E-state index in [2.05, 4.69) is 17.7 Å². The fourth-order valence-electron chi connectivity index (χ4n) is 2.82. The molecule has 0 bridgehead atoms. The Kier molecular flexibility index (Phi) is 4.07. The zero-order chi connectivity index (χ0) is 13.2. The van der Waals surface area contributed by atoms with Gasteiger partial charge in [-0.25, -0.2) is 5.43 Å². The highest BCUT2D eigenvalue weighted by molar-refractivity contribution is 7.80. The Morgan fingerprint density at radius 3 is 3.11 bits per heavy atom. The second-order valence-electron chi connectivity index (χ2n) is 5.22. The van der Waals surface area contributed by atoms with Crippen LogP contribution in [0, 0.1) is 5.92 Å². The van der Waals surface area contributed by atoms with Crippen LogP contribution in [0.4, 0.5) is 0 Å². The van der Waals surface area contributed by atoms with Crippen molar-refractivity contribution in [3.63, 3.8) is 0 Å². The number of carbonyl (C=O) groups is 1. The van der Waals surface area contributed by atoms with Crippen molar-refractivity contribution in [1.82, 2.24) is 15.8 Å². The molecule has 2 N–H and O–H groups in total. The van der Waals surface area contributed by atoms with Crippen LogP contribution in [0.2, 0.25) is 0 Å². The average Bonchev–Trinajstić information content (AvgIpc) is 2.54. The van der Waals surface area contributed by atoms with E-state index in [1.165, 1.54) is 12.8 Å². The number of carbonyl (C=O) groups excluding carboxylic acids is 1. The van der Waals surface area contributed by atoms with Crippen molar-refractivity contribution in [1.29, 1.82) is 0 Å². The maximum atomic E-state index is 11.5. The second-order valence-corrected chi connectivity index (χ2v) is 5.60. The Balaban J connectivity index is 1.95. The van der Waals surface area contributed by atoms with Crippen molar-refractivity contribution >= 4 is 23.3 Å². The van der Waals surface area contributed by atoms with Gasteiger partial charge in [0.25, 0.3) is 0 Å². The highest BCUT2D eigenvalue weighted by Crippen LogP contribution is 2.32. The summed E-state index contributed by atoms with van der Waals surface area (Å²) in [5.41, 5.74) is 3.20. The molecule has 0 aromatic carbocycles. The van der Waals surface area contributed by atoms with E-state index in [1.807, 2.05) is 0 Å². The normalized spacial score (nSPS) is 31.6. The lowest BCUT2D eigenvalue weighted by molar-refractivity contribution is -0.144. The van der Waals surface area contributed by atoms with Gasteiger partial charge in [0.1, 0.15) is 12.2 Å². The third kappa shape index (κ3) is 2.92. The fraction of sp³-hybridized carbons (Fsp3) is 0.833. The lowest BCUT2D eigenvalue weighted by Crippen LogP contribution is -2.54. The van der Waals surface area contributed by atoms with Crippen LogP contribution < -0.4 is 10.7 Å². The van der Waals surface area contributed by atoms with Crippen molar-refractivity contribution < 1.29 is 9.53 Å². The molecule has 2 rings (SSSR count). The number of esters is 1. The summed E-state index contributed by atoms with van der Waals surface area (Å²) in [6, 6.07) is 0. The average molecular weight is 271 g/mol. The molecule has 1 aliphatic heterocycles. The third-order valence-electron chi connectivity index (χ3n) is 3.53. The molecule has 1 aliphatic carbocycles. The highest BCUT2D eigenvalue weighted by atomic mass is 32.1. The number of hydrazine groups is 1. The minimum Gasteiger partial charge on any atom is -0.465 e. The molecule has 1 saturated heterocycles. The Bertz CT molecular complexity index is 350. The van der Waals surface area contributed by atoms with Crippen LogP contribution >= 0.6 is 12.2 Å². The standard InChI is InChI=1S/C12H21N3O2S/c1-3-17-10(16)8-15-11(18)13-12(14-15)6-4-5-9(2)7-12/h9,14H,3-8H2,1-2H3,(H,13,18)/t9-,12+/m0/s1. The molecule has 1 heterocycles. The van der Waals surface area contributed by atoms with E-state index in [0.717, 1.165) is 12.8 Å². The Morgan fingerprint density at radius 1 is 1.67 bits per heavy atom. The molecule has 2 aliphatic rings. The monoisotopic (exact) mass is 271 g/mol. The summed E-state index contributed by atoms with van der Waals surface area (Å²) in [6.07, 6.45) is 4.51. The van der Waals surface area contributed by atoms with Gasteiger partial charge in [-0.05, 0) is 44.3 Å². The van der Waals surface area contributed by atoms with Crippen molar-refractivity contribution in [2.45, 2.75) is 45.2 Å². The first-order chi connectivity index (χ1) is 8.54. The minimum atomic E-state index is -0.255. The van der Waals surface area contributed by atoms with Crippen LogP contribution in [0.5, 0.6) is 0 Å². The van der Waals surface area contributed by atoms with Crippen LogP contribution in [-0.2, 0) is 9.53 Å². The fourth-order valence-corrected chi connectivity index (χ4v) is 3.13. The summed E-state index contributed by atoms with van der Waals surface area (Å²) in [4.78, 5) is 11.5. The predicted molar refractivity (Wildman–Crippen MR) is 72.6 cm³/mol. The van der Waals surface area contributed by atoms with E-state index in [-0.39, 0.29) is 18.2 Å². The number of nitrogens with zero attached hydrogens (tertiary/aromatic N) is 1. The highest BCUT2D eigenvalue weighted by Gasteiger charge is 2.43. The van der Waals surface area contributed by atoms with Gasteiger partial charge in [0.15, 0.2) is 5.11 Å². The molecule has 0 amide bonds. The molecule has 0 aromatic heterocycles. The second kappa shape index (κ2) is 5.40. The van der Waals surface area contributed by atoms with Crippen LogP contribution in [-0.4, -0.2) is 34.9 Å². The van der Waals surface area contributed by atoms with Crippen molar-refractivity contribution in [3.8, 4) is 0 Å². The van der Waals surface area contributed by atoms with Gasteiger partial charge < -0.3 is 10.1 Å². The molecule has 6 heteroatoms. The first-order valence-corrected chi connectivity index (χ1v) is 6.98. The molecule has 18 heavy (non-hydrogen) atoms. The largest absolute Gasteiger partial charge is 0.465 e. The SMILES string of the molecule is CCOC(=O)CN1N[C@@]2(CCC[C@H](C)C2)NC1=S. The lowest BCUT2D eigenvalue weighted by Gasteiger charge is -2.36. The van der Waals surface area contributed by atoms with Gasteiger partial charge in [0, 0.05) is 0 Å². The van der Waals surface area contributed by atoms with Gasteiger partial charge in [-0.15, -0.1) is 0 Å². The number of hydrogen-bond acceptors (Lipinski definition) is 4. The third-order valence-corrected chi connectivity index (χ3v) is 3.85. The summed E-state index contributed by atoms with van der Waals surface area (Å²) >= 11 is 5.28. The number of rotatable bonds is 3. The smallest absolute Gasteiger partial charge is 0.327 e. The number of hydrogen-bond donors (Lipinski definition) is 2. The summed E-state index contributed by atoms with van der Waals surface area (Å²) in [5, 5.41) is 5.63. The maximum absolute atomic E-state index is 11.5. The van der Waals surface area contributed by atoms with Crippen molar-refractivity contribution in [2.75, 3.05) is 13.2 Å². The summed E-state index contributed by atoms with van der Waals surface area (Å²) in [5.74, 6) is 0.416. The minimum absolute atomic E-state index is 0.152. The Hall–Kier alpha value is -0.880. The summed E-state index contributed by atoms with van der Waals surface area (Å²) in [6.45, 7) is 4.61. The molecular weight excluding hydrogens is 250 g/mol. The Morgan fingerprint density at radius 2 is 2.44 bits per heavy atom. The van der Waals surface area contributed by atoms with Gasteiger partial charge in [-0.2, -0.15) is 0 Å². The zero-order valence-electron chi connectivity index (χ0n) is 11.0. The van der Waals surface area contributed by atoms with Crippen LogP contribution in [0.3, 0.4) is 0 Å². The quantitative estimate of drug-likeness (QED) is 0.593. The lowest BCUT2D eigenvalue weighted by atomic mass is 9.83. The molecule has 2 atom stereocenters. The molecule has 102 valence electrons. The van der Waals surface area contributed by atoms with E-state index in [4.69, 9.17) is 17.0 Å². The Labute approximate surface area is 113 Å². The van der Waals surface area contributed by atoms with E-state index in [1.54, 1.807) is 11.9 Å². The number of nitrogens with one attached hydrogen (secondary N) is 2. The van der Waals surface area contributed by atoms with E-state index in [9.17, 15) is 4.79 Å². The maximum Gasteiger partial charge on any atom is 0.327 e. The summed E-state index contributed by atoms with van der Waals surface area (Å²) < 4.78 is 4.94. The molecule has 0 radical (unpaired) electrons. The number of ether oxygens (including phenoxy) is 1. The van der Waals surface area contributed by atoms with Gasteiger partial charge in [0.05, 0.1) is 6.61 Å². The van der Waals surface area contributed by atoms with E-state index < -0.39 is 0 Å². The van der Waals surface area contributed by atoms with Crippen LogP contribution in [0.15, 0.2) is 0 Å². The summed E-state index contributed by atoms with van der Waals surface area (Å²) in [7, 11) is 0. The van der Waals surface area contributed by atoms with E-state index in [0.29, 0.717) is 17.6 Å². The molecule has 1 saturated carbocycles. The molecule has 0 unspecified atom stereocenters. The van der Waals surface area contributed by atoms with Crippen LogP contribution in [0.1, 0.15) is 39.5 Å². The van der Waals surface area contributed by atoms with E-state index >= 15 is 0 Å². The predicted octanol–water partition coefficient (Wildman–Crippen LogP) is 1.15.